The second-order valence-electron chi connectivity index (χ2n) is 9.16. The van der Waals surface area contributed by atoms with Crippen LogP contribution in [0.2, 0.25) is 0 Å². The Morgan fingerprint density at radius 2 is 1.68 bits per heavy atom. The molecule has 1 aliphatic heterocycles. The lowest BCUT2D eigenvalue weighted by molar-refractivity contribution is -0.131. The molecule has 1 unspecified atom stereocenters. The number of imide groups is 1. The van der Waals surface area contributed by atoms with Crippen LogP contribution in [0.25, 0.3) is 11.5 Å². The number of rotatable bonds is 4. The lowest BCUT2D eigenvalue weighted by Gasteiger charge is -2.24. The van der Waals surface area contributed by atoms with Crippen molar-refractivity contribution in [2.24, 2.45) is 0 Å². The number of oxazole rings is 1. The molecule has 1 saturated heterocycles. The average molecular weight is 418 g/mol. The number of nitrogens with zero attached hydrogens (tertiary/aromatic N) is 2. The lowest BCUT2D eigenvalue weighted by atomic mass is 9.84. The first kappa shape index (κ1) is 20.8. The van der Waals surface area contributed by atoms with Gasteiger partial charge in [-0.1, -0.05) is 63.2 Å². The van der Waals surface area contributed by atoms with Gasteiger partial charge in [0.15, 0.2) is 0 Å². The topological polar surface area (TPSA) is 75.4 Å². The number of carbonyl (C=O) groups is 2. The summed E-state index contributed by atoms with van der Waals surface area (Å²) in [6, 6.07) is 17.0. The maximum absolute atomic E-state index is 13.3. The van der Waals surface area contributed by atoms with Crippen LogP contribution in [0.1, 0.15) is 50.3 Å². The van der Waals surface area contributed by atoms with Crippen LogP contribution in [0.4, 0.5) is 4.79 Å². The van der Waals surface area contributed by atoms with Gasteiger partial charge in [-0.2, -0.15) is 0 Å². The molecular weight excluding hydrogens is 390 g/mol. The van der Waals surface area contributed by atoms with Gasteiger partial charge in [-0.05, 0) is 42.5 Å². The van der Waals surface area contributed by atoms with E-state index < -0.39 is 11.6 Å². The first-order valence-electron chi connectivity index (χ1n) is 10.4. The Bertz CT molecular complexity index is 1130. The van der Waals surface area contributed by atoms with Crippen LogP contribution in [0.5, 0.6) is 0 Å². The monoisotopic (exact) mass is 417 g/mol. The van der Waals surface area contributed by atoms with Crippen molar-refractivity contribution in [1.82, 2.24) is 15.2 Å². The summed E-state index contributed by atoms with van der Waals surface area (Å²) in [5, 5.41) is 2.86. The molecule has 1 fully saturated rings. The van der Waals surface area contributed by atoms with Crippen molar-refractivity contribution in [2.45, 2.75) is 52.1 Å². The standard InChI is InChI=1S/C25H27N3O3/c1-16-20(26-21(31-16)17-9-7-6-8-10-17)15-28-22(29)25(5,27-23(28)30)19-13-11-18(12-14-19)24(2,3)4/h6-14H,15H2,1-5H3,(H,27,30). The Kier molecular flexibility index (Phi) is 4.96. The van der Waals surface area contributed by atoms with Crippen molar-refractivity contribution in [3.05, 3.63) is 77.2 Å². The highest BCUT2D eigenvalue weighted by Gasteiger charge is 2.49. The fourth-order valence-electron chi connectivity index (χ4n) is 3.77. The van der Waals surface area contributed by atoms with Gasteiger partial charge in [0, 0.05) is 5.56 Å². The Balaban J connectivity index is 1.58. The number of hydrogen-bond acceptors (Lipinski definition) is 4. The number of aryl methyl sites for hydroxylation is 1. The van der Waals surface area contributed by atoms with Crippen LogP contribution in [0, 0.1) is 6.92 Å². The molecule has 2 aromatic carbocycles. The molecule has 3 aromatic rings. The molecule has 1 N–H and O–H groups in total. The fourth-order valence-corrected chi connectivity index (χ4v) is 3.77. The maximum atomic E-state index is 13.3. The molecule has 6 nitrogen and oxygen atoms in total. The summed E-state index contributed by atoms with van der Waals surface area (Å²) in [5.74, 6) is 0.757. The van der Waals surface area contributed by atoms with E-state index in [9.17, 15) is 9.59 Å². The van der Waals surface area contributed by atoms with E-state index in [1.54, 1.807) is 13.8 Å². The highest BCUT2D eigenvalue weighted by atomic mass is 16.4. The number of nitrogens with one attached hydrogen (secondary N) is 1. The summed E-state index contributed by atoms with van der Waals surface area (Å²) in [5.41, 5.74) is 2.22. The third kappa shape index (κ3) is 3.74. The van der Waals surface area contributed by atoms with Crippen LogP contribution in [-0.2, 0) is 22.3 Å². The minimum atomic E-state index is -1.12. The Labute approximate surface area is 182 Å². The van der Waals surface area contributed by atoms with E-state index in [1.807, 2.05) is 54.6 Å². The third-order valence-corrected chi connectivity index (χ3v) is 5.82. The zero-order chi connectivity index (χ0) is 22.4. The molecule has 3 amide bonds. The minimum Gasteiger partial charge on any atom is -0.441 e. The number of urea groups is 1. The van der Waals surface area contributed by atoms with Gasteiger partial charge < -0.3 is 9.73 Å². The summed E-state index contributed by atoms with van der Waals surface area (Å²) in [6.45, 7) is 10.00. The highest BCUT2D eigenvalue weighted by molar-refractivity contribution is 6.07. The molecule has 0 radical (unpaired) electrons. The largest absolute Gasteiger partial charge is 0.441 e. The predicted octanol–water partition coefficient (Wildman–Crippen LogP) is 4.91. The number of aromatic nitrogens is 1. The number of benzene rings is 2. The first-order chi connectivity index (χ1) is 14.6. The van der Waals surface area contributed by atoms with Crippen LogP contribution in [0.15, 0.2) is 59.0 Å². The zero-order valence-electron chi connectivity index (χ0n) is 18.5. The normalized spacial score (nSPS) is 19.1. The van der Waals surface area contributed by atoms with Crippen LogP contribution < -0.4 is 5.32 Å². The summed E-state index contributed by atoms with van der Waals surface area (Å²) in [7, 11) is 0. The summed E-state index contributed by atoms with van der Waals surface area (Å²) in [4.78, 5) is 31.8. The van der Waals surface area contributed by atoms with Crippen molar-refractivity contribution >= 4 is 11.9 Å². The first-order valence-corrected chi connectivity index (χ1v) is 10.4. The molecular formula is C25H27N3O3. The second-order valence-corrected chi connectivity index (χ2v) is 9.16. The Morgan fingerprint density at radius 3 is 2.29 bits per heavy atom. The van der Waals surface area contributed by atoms with Gasteiger partial charge in [0.2, 0.25) is 5.89 Å². The lowest BCUT2D eigenvalue weighted by Crippen LogP contribution is -2.40. The highest BCUT2D eigenvalue weighted by Crippen LogP contribution is 2.32. The fraction of sp³-hybridized carbons (Fsp3) is 0.320. The van der Waals surface area contributed by atoms with Gasteiger partial charge in [-0.15, -0.1) is 0 Å². The molecule has 0 saturated carbocycles. The van der Waals surface area contributed by atoms with E-state index in [-0.39, 0.29) is 17.9 Å². The smallest absolute Gasteiger partial charge is 0.325 e. The molecule has 160 valence electrons. The molecule has 0 spiro atoms. The molecule has 1 atom stereocenters. The van der Waals surface area contributed by atoms with E-state index in [0.29, 0.717) is 17.3 Å². The van der Waals surface area contributed by atoms with Crippen LogP contribution >= 0.6 is 0 Å². The predicted molar refractivity (Wildman–Crippen MR) is 118 cm³/mol. The Morgan fingerprint density at radius 1 is 1.03 bits per heavy atom. The van der Waals surface area contributed by atoms with Crippen molar-refractivity contribution in [1.29, 1.82) is 0 Å². The quantitative estimate of drug-likeness (QED) is 0.612. The van der Waals surface area contributed by atoms with E-state index >= 15 is 0 Å². The van der Waals surface area contributed by atoms with Crippen molar-refractivity contribution in [2.75, 3.05) is 0 Å². The molecule has 2 heterocycles. The van der Waals surface area contributed by atoms with Crippen molar-refractivity contribution in [3.8, 4) is 11.5 Å². The Hall–Kier alpha value is -3.41. The molecule has 4 rings (SSSR count). The summed E-state index contributed by atoms with van der Waals surface area (Å²) >= 11 is 0. The molecule has 1 aromatic heterocycles. The molecule has 6 heteroatoms. The van der Waals surface area contributed by atoms with Crippen molar-refractivity contribution in [3.63, 3.8) is 0 Å². The molecule has 1 aliphatic rings. The zero-order valence-corrected chi connectivity index (χ0v) is 18.5. The van der Waals surface area contributed by atoms with Crippen molar-refractivity contribution < 1.29 is 14.0 Å². The summed E-state index contributed by atoms with van der Waals surface area (Å²) in [6.07, 6.45) is 0. The summed E-state index contributed by atoms with van der Waals surface area (Å²) < 4.78 is 5.78. The van der Waals surface area contributed by atoms with Gasteiger partial charge >= 0.3 is 6.03 Å². The van der Waals surface area contributed by atoms with E-state index in [2.05, 4.69) is 31.1 Å². The van der Waals surface area contributed by atoms with Crippen LogP contribution in [-0.4, -0.2) is 21.8 Å². The molecule has 0 aliphatic carbocycles. The number of hydrogen-bond donors (Lipinski definition) is 1. The molecule has 31 heavy (non-hydrogen) atoms. The SMILES string of the molecule is Cc1oc(-c2ccccc2)nc1CN1C(=O)NC(C)(c2ccc(C(C)(C)C)cc2)C1=O. The van der Waals surface area contributed by atoms with E-state index in [4.69, 9.17) is 4.42 Å². The number of amides is 3. The molecule has 0 bridgehead atoms. The minimum absolute atomic E-state index is 0.00927. The second kappa shape index (κ2) is 7.38. The van der Waals surface area contributed by atoms with E-state index in [1.165, 1.54) is 10.5 Å². The van der Waals surface area contributed by atoms with Gasteiger partial charge in [0.1, 0.15) is 17.0 Å². The van der Waals surface area contributed by atoms with E-state index in [0.717, 1.165) is 11.1 Å². The maximum Gasteiger partial charge on any atom is 0.325 e. The third-order valence-electron chi connectivity index (χ3n) is 5.82. The van der Waals surface area contributed by atoms with Gasteiger partial charge in [0.05, 0.1) is 6.54 Å². The average Bonchev–Trinajstić information content (AvgIpc) is 3.21. The van der Waals surface area contributed by atoms with Crippen LogP contribution in [0.3, 0.4) is 0 Å². The number of carbonyl (C=O) groups excluding carboxylic acids is 2. The van der Waals surface area contributed by atoms with Gasteiger partial charge in [0.25, 0.3) is 5.91 Å². The van der Waals surface area contributed by atoms with Gasteiger partial charge in [-0.25, -0.2) is 9.78 Å². The van der Waals surface area contributed by atoms with Gasteiger partial charge in [-0.3, -0.25) is 9.69 Å².